The smallest absolute Gasteiger partial charge is 0.335 e. The predicted octanol–water partition coefficient (Wildman–Crippen LogP) is 2.03. The van der Waals surface area contributed by atoms with E-state index in [0.29, 0.717) is 0 Å². The van der Waals surface area contributed by atoms with Gasteiger partial charge >= 0.3 is 12.0 Å². The number of urea groups is 1. The summed E-state index contributed by atoms with van der Waals surface area (Å²) < 4.78 is 55.8. The van der Waals surface area contributed by atoms with Gasteiger partial charge in [-0.05, 0) is 12.3 Å². The number of esters is 1. The predicted molar refractivity (Wildman–Crippen MR) is 104 cm³/mol. The largest absolute Gasteiger partial charge is 0.481 e. The van der Waals surface area contributed by atoms with E-state index in [-0.39, 0.29) is 23.3 Å². The summed E-state index contributed by atoms with van der Waals surface area (Å²) in [5, 5.41) is 4.66. The first-order valence-electron chi connectivity index (χ1n) is 8.25. The third-order valence-electron chi connectivity index (χ3n) is 3.51. The van der Waals surface area contributed by atoms with Crippen LogP contribution in [0.3, 0.4) is 0 Å². The molecule has 0 bridgehead atoms. The second-order valence-electron chi connectivity index (χ2n) is 5.73. The van der Waals surface area contributed by atoms with Crippen molar-refractivity contribution in [1.82, 2.24) is 14.7 Å². The van der Waals surface area contributed by atoms with Gasteiger partial charge in [0.1, 0.15) is 11.1 Å². The summed E-state index contributed by atoms with van der Waals surface area (Å²) in [6.45, 7) is 2.19. The number of aromatic nitrogens is 2. The zero-order valence-electron chi connectivity index (χ0n) is 16.3. The molecule has 2 rings (SSSR count). The van der Waals surface area contributed by atoms with E-state index in [0.717, 1.165) is 25.2 Å². The van der Waals surface area contributed by atoms with E-state index in [1.54, 1.807) is 4.72 Å². The maximum atomic E-state index is 13.9. The molecule has 30 heavy (non-hydrogen) atoms. The number of halogens is 1. The quantitative estimate of drug-likeness (QED) is 0.563. The average Bonchev–Trinajstić information content (AvgIpc) is 3.15. The summed E-state index contributed by atoms with van der Waals surface area (Å²) >= 11 is 0.940. The lowest BCUT2D eigenvalue weighted by atomic mass is 10.1. The highest BCUT2D eigenvalue weighted by Crippen LogP contribution is 2.32. The lowest BCUT2D eigenvalue weighted by Gasteiger charge is -2.19. The van der Waals surface area contributed by atoms with Gasteiger partial charge in [-0.1, -0.05) is 0 Å². The van der Waals surface area contributed by atoms with Crippen LogP contribution in [0, 0.1) is 0 Å². The van der Waals surface area contributed by atoms with Crippen LogP contribution in [0.1, 0.15) is 25.5 Å². The van der Waals surface area contributed by atoms with Gasteiger partial charge in [0, 0.05) is 17.9 Å². The standard InChI is InChI=1S/C16H19FN4O7S2/c1-8(17)14(28-9(2)22)10-6-29-7-11(10)30(24,25)21-16(23)20-15-18-12(26-3)5-13(19-15)27-4/h5-8,14H,1-4H3,(H2,18,19,20,21,23). The highest BCUT2D eigenvalue weighted by Gasteiger charge is 2.31. The molecule has 11 nitrogen and oxygen atoms in total. The van der Waals surface area contributed by atoms with Gasteiger partial charge in [-0.3, -0.25) is 10.1 Å². The van der Waals surface area contributed by atoms with Crippen molar-refractivity contribution in [3.63, 3.8) is 0 Å². The van der Waals surface area contributed by atoms with E-state index in [2.05, 4.69) is 15.3 Å². The molecule has 2 unspecified atom stereocenters. The summed E-state index contributed by atoms with van der Waals surface area (Å²) in [7, 11) is -1.77. The van der Waals surface area contributed by atoms with Gasteiger partial charge in [-0.25, -0.2) is 22.3 Å². The van der Waals surface area contributed by atoms with Crippen molar-refractivity contribution >= 4 is 39.3 Å². The van der Waals surface area contributed by atoms with Gasteiger partial charge in [0.15, 0.2) is 6.10 Å². The summed E-state index contributed by atoms with van der Waals surface area (Å²) in [5.41, 5.74) is -0.0928. The fourth-order valence-corrected chi connectivity index (χ4v) is 4.65. The van der Waals surface area contributed by atoms with Crippen LogP contribution in [0.15, 0.2) is 21.7 Å². The molecular weight excluding hydrogens is 443 g/mol. The molecule has 0 fully saturated rings. The highest BCUT2D eigenvalue weighted by atomic mass is 32.2. The van der Waals surface area contributed by atoms with Gasteiger partial charge in [0.25, 0.3) is 10.0 Å². The summed E-state index contributed by atoms with van der Waals surface area (Å²) in [4.78, 5) is 30.7. The summed E-state index contributed by atoms with van der Waals surface area (Å²) in [6.07, 6.45) is -3.14. The first-order valence-corrected chi connectivity index (χ1v) is 10.7. The number of amides is 2. The normalized spacial score (nSPS) is 13.1. The second kappa shape index (κ2) is 9.67. The van der Waals surface area contributed by atoms with Crippen molar-refractivity contribution in [2.75, 3.05) is 19.5 Å². The second-order valence-corrected chi connectivity index (χ2v) is 8.13. The van der Waals surface area contributed by atoms with Crippen molar-refractivity contribution in [3.8, 4) is 11.8 Å². The number of sulfonamides is 1. The maximum Gasteiger partial charge on any atom is 0.335 e. The van der Waals surface area contributed by atoms with Crippen LogP contribution in [0.2, 0.25) is 0 Å². The van der Waals surface area contributed by atoms with Crippen molar-refractivity contribution in [1.29, 1.82) is 0 Å². The van der Waals surface area contributed by atoms with E-state index >= 15 is 0 Å². The lowest BCUT2D eigenvalue weighted by molar-refractivity contribution is -0.150. The Labute approximate surface area is 175 Å². The molecule has 2 heterocycles. The SMILES string of the molecule is COc1cc(OC)nc(NC(=O)NS(=O)(=O)c2cscc2C(OC(C)=O)C(C)F)n1. The van der Waals surface area contributed by atoms with E-state index in [4.69, 9.17) is 14.2 Å². The van der Waals surface area contributed by atoms with Crippen molar-refractivity contribution in [2.45, 2.75) is 31.0 Å². The molecule has 0 saturated carbocycles. The Bertz CT molecular complexity index is 1000. The van der Waals surface area contributed by atoms with Gasteiger partial charge in [0.2, 0.25) is 17.7 Å². The first-order chi connectivity index (χ1) is 14.1. The van der Waals surface area contributed by atoms with Gasteiger partial charge in [0.05, 0.1) is 20.3 Å². The molecule has 0 spiro atoms. The van der Waals surface area contributed by atoms with Crippen LogP contribution in [0.4, 0.5) is 15.1 Å². The number of ether oxygens (including phenoxy) is 3. The number of alkyl halides is 1. The monoisotopic (exact) mass is 462 g/mol. The van der Waals surface area contributed by atoms with E-state index < -0.39 is 39.2 Å². The van der Waals surface area contributed by atoms with Crippen LogP contribution >= 0.6 is 11.3 Å². The zero-order valence-corrected chi connectivity index (χ0v) is 18.0. The number of hydrogen-bond donors (Lipinski definition) is 2. The Morgan fingerprint density at radius 1 is 1.17 bits per heavy atom. The summed E-state index contributed by atoms with van der Waals surface area (Å²) in [5.74, 6) is -0.920. The molecule has 14 heteroatoms. The minimum atomic E-state index is -4.44. The number of carbonyl (C=O) groups excluding carboxylic acids is 2. The highest BCUT2D eigenvalue weighted by molar-refractivity contribution is 7.90. The molecule has 2 aromatic heterocycles. The van der Waals surface area contributed by atoms with E-state index in [9.17, 15) is 22.4 Å². The molecule has 2 N–H and O–H groups in total. The van der Waals surface area contributed by atoms with Gasteiger partial charge in [-0.2, -0.15) is 21.3 Å². The average molecular weight is 462 g/mol. The van der Waals surface area contributed by atoms with Crippen LogP contribution in [0.25, 0.3) is 0 Å². The third-order valence-corrected chi connectivity index (χ3v) is 5.81. The lowest BCUT2D eigenvalue weighted by Crippen LogP contribution is -2.35. The molecule has 0 aliphatic rings. The van der Waals surface area contributed by atoms with Gasteiger partial charge in [-0.15, -0.1) is 0 Å². The van der Waals surface area contributed by atoms with Crippen LogP contribution in [0.5, 0.6) is 11.8 Å². The molecule has 0 aromatic carbocycles. The fraction of sp³-hybridized carbons (Fsp3) is 0.375. The topological polar surface area (TPSA) is 146 Å². The van der Waals surface area contributed by atoms with Crippen molar-refractivity contribution < 1.29 is 36.6 Å². The number of rotatable bonds is 8. The number of methoxy groups -OCH3 is 2. The Morgan fingerprint density at radius 2 is 1.77 bits per heavy atom. The molecule has 0 aliphatic heterocycles. The molecule has 0 aliphatic carbocycles. The Hall–Kier alpha value is -3.00. The molecule has 0 saturated heterocycles. The van der Waals surface area contributed by atoms with Crippen LogP contribution in [-0.2, 0) is 19.6 Å². The van der Waals surface area contributed by atoms with E-state index in [1.165, 1.54) is 31.0 Å². The number of anilines is 1. The zero-order chi connectivity index (χ0) is 22.5. The number of carbonyl (C=O) groups is 2. The molecule has 0 radical (unpaired) electrons. The number of hydrogen-bond acceptors (Lipinski definition) is 10. The van der Waals surface area contributed by atoms with E-state index in [1.807, 2.05) is 0 Å². The molecule has 164 valence electrons. The molecular formula is C16H19FN4O7S2. The van der Waals surface area contributed by atoms with Crippen LogP contribution < -0.4 is 19.5 Å². The third kappa shape index (κ3) is 5.76. The van der Waals surface area contributed by atoms with Crippen molar-refractivity contribution in [3.05, 3.63) is 22.4 Å². The molecule has 2 amide bonds. The summed E-state index contributed by atoms with van der Waals surface area (Å²) in [6, 6.07) is 0.171. The minimum absolute atomic E-state index is 0.0706. The van der Waals surface area contributed by atoms with Crippen molar-refractivity contribution in [2.24, 2.45) is 0 Å². The number of thiophene rings is 1. The van der Waals surface area contributed by atoms with Gasteiger partial charge < -0.3 is 14.2 Å². The number of nitrogens with one attached hydrogen (secondary N) is 2. The number of nitrogens with zero attached hydrogens (tertiary/aromatic N) is 2. The Kier molecular flexibility index (Phi) is 7.50. The minimum Gasteiger partial charge on any atom is -0.481 e. The Balaban J connectivity index is 2.25. The fourth-order valence-electron chi connectivity index (χ4n) is 2.28. The maximum absolute atomic E-state index is 13.9. The first kappa shape index (κ1) is 23.3. The van der Waals surface area contributed by atoms with Crippen LogP contribution in [-0.4, -0.2) is 50.8 Å². The molecule has 2 aromatic rings. The molecule has 2 atom stereocenters. The Morgan fingerprint density at radius 3 is 2.27 bits per heavy atom.